The second-order valence-corrected chi connectivity index (χ2v) is 5.40. The summed E-state index contributed by atoms with van der Waals surface area (Å²) in [6.45, 7) is -0.140. The molecule has 1 saturated heterocycles. The van der Waals surface area contributed by atoms with Crippen LogP contribution in [-0.2, 0) is 4.74 Å². The number of ether oxygens (including phenoxy) is 2. The molecule has 0 saturated carbocycles. The van der Waals surface area contributed by atoms with Gasteiger partial charge in [-0.3, -0.25) is 0 Å². The minimum Gasteiger partial charge on any atom is -0.478 e. The van der Waals surface area contributed by atoms with Gasteiger partial charge in [-0.05, 0) is 35.0 Å². The van der Waals surface area contributed by atoms with Gasteiger partial charge < -0.3 is 29.9 Å². The van der Waals surface area contributed by atoms with Crippen molar-refractivity contribution in [2.24, 2.45) is 0 Å². The Bertz CT molecular complexity index is 729. The molecule has 0 bridgehead atoms. The zero-order chi connectivity index (χ0) is 16.6. The van der Waals surface area contributed by atoms with Crippen LogP contribution in [0.25, 0.3) is 10.8 Å². The van der Waals surface area contributed by atoms with E-state index in [1.807, 2.05) is 0 Å². The van der Waals surface area contributed by atoms with E-state index in [0.29, 0.717) is 5.75 Å². The van der Waals surface area contributed by atoms with Gasteiger partial charge in [0.1, 0.15) is 24.1 Å². The summed E-state index contributed by atoms with van der Waals surface area (Å²) in [5, 5.41) is 39.4. The molecule has 4 N–H and O–H groups in total. The number of carboxylic acid groups (broad SMARTS) is 1. The largest absolute Gasteiger partial charge is 0.478 e. The molecule has 4 atom stereocenters. The van der Waals surface area contributed by atoms with Gasteiger partial charge in [0, 0.05) is 0 Å². The highest BCUT2D eigenvalue weighted by Gasteiger charge is 2.38. The van der Waals surface area contributed by atoms with Gasteiger partial charge in [-0.1, -0.05) is 12.1 Å². The number of hydrogen-bond donors (Lipinski definition) is 4. The molecule has 2 aromatic carbocycles. The number of aromatic carboxylic acids is 1. The third kappa shape index (κ3) is 3.13. The van der Waals surface area contributed by atoms with Crippen molar-refractivity contribution in [3.63, 3.8) is 0 Å². The summed E-state index contributed by atoms with van der Waals surface area (Å²) in [7, 11) is 0. The SMILES string of the molecule is O=C(O)c1ccc2cc(O[C@@H]3OC[C@@H](O)[C@H](O)[C@H]3O)ccc2c1. The molecular weight excluding hydrogens is 304 g/mol. The predicted molar refractivity (Wildman–Crippen MR) is 79.3 cm³/mol. The fraction of sp³-hybridized carbons (Fsp3) is 0.312. The van der Waals surface area contributed by atoms with Crippen LogP contribution in [0, 0.1) is 0 Å². The van der Waals surface area contributed by atoms with Crippen LogP contribution in [0.2, 0.25) is 0 Å². The lowest BCUT2D eigenvalue weighted by Gasteiger charge is -2.34. The van der Waals surface area contributed by atoms with Crippen LogP contribution in [0.3, 0.4) is 0 Å². The lowest BCUT2D eigenvalue weighted by atomic mass is 10.1. The van der Waals surface area contributed by atoms with Gasteiger partial charge in [-0.15, -0.1) is 0 Å². The molecule has 0 amide bonds. The van der Waals surface area contributed by atoms with Crippen LogP contribution in [0.4, 0.5) is 0 Å². The standard InChI is InChI=1S/C16H16O7/c17-12-7-22-16(14(19)13(12)18)23-11-4-3-8-5-10(15(20)21)2-1-9(8)6-11/h1-6,12-14,16-19H,7H2,(H,20,21)/t12-,13+,14-,16+/m1/s1. The predicted octanol–water partition coefficient (Wildman–Crippen LogP) is 0.356. The molecule has 122 valence electrons. The summed E-state index contributed by atoms with van der Waals surface area (Å²) in [6, 6.07) is 9.67. The minimum atomic E-state index is -1.37. The fourth-order valence-electron chi connectivity index (χ4n) is 2.45. The van der Waals surface area contributed by atoms with Gasteiger partial charge in [-0.25, -0.2) is 4.79 Å². The van der Waals surface area contributed by atoms with E-state index in [4.69, 9.17) is 14.6 Å². The number of aliphatic hydroxyl groups is 3. The van der Waals surface area contributed by atoms with Gasteiger partial charge >= 0.3 is 5.97 Å². The zero-order valence-corrected chi connectivity index (χ0v) is 12.0. The van der Waals surface area contributed by atoms with Crippen molar-refractivity contribution in [1.82, 2.24) is 0 Å². The minimum absolute atomic E-state index is 0.140. The summed E-state index contributed by atoms with van der Waals surface area (Å²) in [4.78, 5) is 11.0. The molecule has 0 unspecified atom stereocenters. The Labute approximate surface area is 131 Å². The molecule has 1 aliphatic rings. The highest BCUT2D eigenvalue weighted by molar-refractivity contribution is 5.94. The second-order valence-electron chi connectivity index (χ2n) is 5.40. The topological polar surface area (TPSA) is 116 Å². The smallest absolute Gasteiger partial charge is 0.335 e. The first-order valence-corrected chi connectivity index (χ1v) is 7.05. The number of fused-ring (bicyclic) bond motifs is 1. The van der Waals surface area contributed by atoms with Crippen molar-refractivity contribution >= 4 is 16.7 Å². The Morgan fingerprint density at radius 2 is 1.74 bits per heavy atom. The Hall–Kier alpha value is -2.19. The average Bonchev–Trinajstić information content (AvgIpc) is 2.55. The lowest BCUT2D eigenvalue weighted by molar-refractivity contribution is -0.242. The molecule has 7 nitrogen and oxygen atoms in total. The van der Waals surface area contributed by atoms with Crippen LogP contribution in [0.5, 0.6) is 5.75 Å². The highest BCUT2D eigenvalue weighted by atomic mass is 16.7. The maximum Gasteiger partial charge on any atom is 0.335 e. The number of benzene rings is 2. The molecule has 1 heterocycles. The Morgan fingerprint density at radius 1 is 1.04 bits per heavy atom. The lowest BCUT2D eigenvalue weighted by Crippen LogP contribution is -2.54. The van der Waals surface area contributed by atoms with Gasteiger partial charge in [0.05, 0.1) is 12.2 Å². The molecule has 1 fully saturated rings. The van der Waals surface area contributed by atoms with Gasteiger partial charge in [0.15, 0.2) is 0 Å². The summed E-state index contributed by atoms with van der Waals surface area (Å²) in [5.74, 6) is -0.605. The Kier molecular flexibility index (Phi) is 4.18. The molecule has 0 spiro atoms. The monoisotopic (exact) mass is 320 g/mol. The molecular formula is C16H16O7. The van der Waals surface area contributed by atoms with Crippen molar-refractivity contribution in [2.75, 3.05) is 6.61 Å². The fourth-order valence-corrected chi connectivity index (χ4v) is 2.45. The first-order valence-electron chi connectivity index (χ1n) is 7.05. The molecule has 3 rings (SSSR count). The first kappa shape index (κ1) is 15.7. The number of carbonyl (C=O) groups is 1. The number of carboxylic acids is 1. The van der Waals surface area contributed by atoms with E-state index in [-0.39, 0.29) is 12.2 Å². The first-order chi connectivity index (χ1) is 11.0. The zero-order valence-electron chi connectivity index (χ0n) is 12.0. The van der Waals surface area contributed by atoms with Crippen molar-refractivity contribution in [2.45, 2.75) is 24.6 Å². The normalized spacial score (nSPS) is 27.8. The molecule has 1 aliphatic heterocycles. The number of rotatable bonds is 3. The maximum atomic E-state index is 11.0. The summed E-state index contributed by atoms with van der Waals surface area (Å²) in [5.41, 5.74) is 0.189. The summed E-state index contributed by atoms with van der Waals surface area (Å²) in [6.07, 6.45) is -4.96. The van der Waals surface area contributed by atoms with Gasteiger partial charge in [0.2, 0.25) is 6.29 Å². The third-order valence-electron chi connectivity index (χ3n) is 3.77. The summed E-state index contributed by atoms with van der Waals surface area (Å²) >= 11 is 0. The van der Waals surface area contributed by atoms with Crippen LogP contribution in [-0.4, -0.2) is 57.6 Å². The molecule has 2 aromatic rings. The van der Waals surface area contributed by atoms with E-state index in [0.717, 1.165) is 10.8 Å². The van der Waals surface area contributed by atoms with Crippen molar-refractivity contribution in [3.05, 3.63) is 42.0 Å². The maximum absolute atomic E-state index is 11.0. The van der Waals surface area contributed by atoms with Crippen molar-refractivity contribution in [1.29, 1.82) is 0 Å². The van der Waals surface area contributed by atoms with Gasteiger partial charge in [-0.2, -0.15) is 0 Å². The van der Waals surface area contributed by atoms with E-state index in [9.17, 15) is 20.1 Å². The summed E-state index contributed by atoms with van der Waals surface area (Å²) < 4.78 is 10.7. The average molecular weight is 320 g/mol. The van der Waals surface area contributed by atoms with E-state index < -0.39 is 30.6 Å². The van der Waals surface area contributed by atoms with Crippen LogP contribution >= 0.6 is 0 Å². The van der Waals surface area contributed by atoms with E-state index in [1.165, 1.54) is 6.07 Å². The van der Waals surface area contributed by atoms with E-state index in [2.05, 4.69) is 0 Å². The second kappa shape index (κ2) is 6.13. The Balaban J connectivity index is 1.81. The van der Waals surface area contributed by atoms with Crippen molar-refractivity contribution < 1.29 is 34.7 Å². The van der Waals surface area contributed by atoms with Crippen LogP contribution in [0.1, 0.15) is 10.4 Å². The Morgan fingerprint density at radius 3 is 2.48 bits per heavy atom. The highest BCUT2D eigenvalue weighted by Crippen LogP contribution is 2.25. The van der Waals surface area contributed by atoms with E-state index >= 15 is 0 Å². The van der Waals surface area contributed by atoms with Crippen molar-refractivity contribution in [3.8, 4) is 5.75 Å². The van der Waals surface area contributed by atoms with Crippen LogP contribution < -0.4 is 4.74 Å². The third-order valence-corrected chi connectivity index (χ3v) is 3.77. The van der Waals surface area contributed by atoms with Gasteiger partial charge in [0.25, 0.3) is 0 Å². The molecule has 0 aliphatic carbocycles. The van der Waals surface area contributed by atoms with Crippen LogP contribution in [0.15, 0.2) is 36.4 Å². The molecule has 0 aromatic heterocycles. The molecule has 7 heteroatoms. The molecule has 0 radical (unpaired) electrons. The quantitative estimate of drug-likeness (QED) is 0.645. The van der Waals surface area contributed by atoms with E-state index in [1.54, 1.807) is 30.3 Å². The number of hydrogen-bond acceptors (Lipinski definition) is 6. The molecule has 23 heavy (non-hydrogen) atoms. The number of aliphatic hydroxyl groups excluding tert-OH is 3.